The molecular formula is C54H38N2OSi. The third kappa shape index (κ3) is 5.27. The van der Waals surface area contributed by atoms with Crippen LogP contribution in [0.1, 0.15) is 0 Å². The number of anilines is 3. The van der Waals surface area contributed by atoms with E-state index in [1.165, 1.54) is 31.5 Å². The topological polar surface area (TPSA) is 21.3 Å². The maximum Gasteiger partial charge on any atom is 0.179 e. The van der Waals surface area contributed by atoms with Crippen molar-refractivity contribution < 1.29 is 4.42 Å². The van der Waals surface area contributed by atoms with E-state index in [-0.39, 0.29) is 0 Å². The predicted octanol–water partition coefficient (Wildman–Crippen LogP) is 11.5. The standard InChI is InChI=1S/C54H38N2OSi/c1-5-19-39(20-6-1)55-48-30-15-13-28-47(48)53-49(55)31-18-32-50(53)56(51-33-17-29-46-45-27-14-16-34-52(45)57-54(46)51)40-35-37-44(38-36-40)58(41-21-7-2-8-22-41,42-23-9-3-10-24-42)43-25-11-4-12-26-43/h1-38H. The van der Waals surface area contributed by atoms with Crippen molar-refractivity contribution in [1.82, 2.24) is 4.57 Å². The molecule has 0 atom stereocenters. The number of fused-ring (bicyclic) bond motifs is 6. The van der Waals surface area contributed by atoms with Gasteiger partial charge >= 0.3 is 0 Å². The molecule has 2 heterocycles. The number of para-hydroxylation sites is 4. The molecule has 274 valence electrons. The SMILES string of the molecule is c1ccc(-n2c3ccccc3c3c(N(c4ccc([Si](c5ccccc5)(c5ccccc5)c5ccccc5)cc4)c4cccc5c4oc4ccccc45)cccc32)cc1. The van der Waals surface area contributed by atoms with E-state index in [2.05, 4.69) is 234 Å². The lowest BCUT2D eigenvalue weighted by Crippen LogP contribution is -2.74. The van der Waals surface area contributed by atoms with E-state index < -0.39 is 8.07 Å². The van der Waals surface area contributed by atoms with Gasteiger partial charge in [0.25, 0.3) is 0 Å². The first-order valence-corrected chi connectivity index (χ1v) is 21.9. The minimum absolute atomic E-state index is 0.859. The Balaban J connectivity index is 1.20. The Hall–Kier alpha value is -7.40. The summed E-state index contributed by atoms with van der Waals surface area (Å²) in [6, 6.07) is 83.8. The normalized spacial score (nSPS) is 11.8. The fourth-order valence-electron chi connectivity index (χ4n) is 9.28. The monoisotopic (exact) mass is 758 g/mol. The highest BCUT2D eigenvalue weighted by Crippen LogP contribution is 2.46. The van der Waals surface area contributed by atoms with Crippen LogP contribution in [0.2, 0.25) is 0 Å². The lowest BCUT2D eigenvalue weighted by molar-refractivity contribution is 0.669. The quantitative estimate of drug-likeness (QED) is 0.114. The zero-order chi connectivity index (χ0) is 38.5. The third-order valence-corrected chi connectivity index (χ3v) is 16.5. The van der Waals surface area contributed by atoms with Gasteiger partial charge in [0.1, 0.15) is 5.58 Å². The molecule has 0 fully saturated rings. The van der Waals surface area contributed by atoms with Gasteiger partial charge in [-0.15, -0.1) is 0 Å². The molecular weight excluding hydrogens is 721 g/mol. The van der Waals surface area contributed by atoms with E-state index in [0.29, 0.717) is 0 Å². The fourth-order valence-corrected chi connectivity index (χ4v) is 14.0. The number of hydrogen-bond acceptors (Lipinski definition) is 2. The van der Waals surface area contributed by atoms with E-state index in [9.17, 15) is 0 Å². The van der Waals surface area contributed by atoms with E-state index in [1.807, 2.05) is 6.07 Å². The van der Waals surface area contributed by atoms with Gasteiger partial charge in [-0.05, 0) is 75.3 Å². The van der Waals surface area contributed by atoms with Crippen LogP contribution in [0.15, 0.2) is 235 Å². The summed E-state index contributed by atoms with van der Waals surface area (Å²) in [7, 11) is -2.74. The van der Waals surface area contributed by atoms with Crippen molar-refractivity contribution in [3.05, 3.63) is 231 Å². The molecule has 3 nitrogen and oxygen atoms in total. The first-order valence-electron chi connectivity index (χ1n) is 19.9. The first-order chi connectivity index (χ1) is 28.8. The Morgan fingerprint density at radius 3 is 1.50 bits per heavy atom. The van der Waals surface area contributed by atoms with Gasteiger partial charge in [0, 0.05) is 32.9 Å². The summed E-state index contributed by atoms with van der Waals surface area (Å²) < 4.78 is 9.18. The molecule has 58 heavy (non-hydrogen) atoms. The second-order valence-corrected chi connectivity index (χ2v) is 18.7. The van der Waals surface area contributed by atoms with Crippen LogP contribution in [0.3, 0.4) is 0 Å². The molecule has 0 aliphatic heterocycles. The molecule has 0 bridgehead atoms. The number of benzene rings is 9. The van der Waals surface area contributed by atoms with Crippen molar-refractivity contribution in [2.45, 2.75) is 0 Å². The third-order valence-electron chi connectivity index (χ3n) is 11.7. The van der Waals surface area contributed by atoms with Gasteiger partial charge in [-0.3, -0.25) is 0 Å². The number of furan rings is 1. The molecule has 0 saturated carbocycles. The van der Waals surface area contributed by atoms with Crippen molar-refractivity contribution in [3.8, 4) is 5.69 Å². The Morgan fingerprint density at radius 2 is 0.845 bits per heavy atom. The van der Waals surface area contributed by atoms with Gasteiger partial charge in [0.2, 0.25) is 0 Å². The molecule has 9 aromatic carbocycles. The van der Waals surface area contributed by atoms with Gasteiger partial charge in [-0.1, -0.05) is 176 Å². The molecule has 0 unspecified atom stereocenters. The highest BCUT2D eigenvalue weighted by Gasteiger charge is 2.41. The smallest absolute Gasteiger partial charge is 0.179 e. The number of hydrogen-bond donors (Lipinski definition) is 0. The molecule has 0 aliphatic carbocycles. The summed E-state index contributed by atoms with van der Waals surface area (Å²) in [5, 5.41) is 9.95. The molecule has 0 radical (unpaired) electrons. The first kappa shape index (κ1) is 33.9. The van der Waals surface area contributed by atoms with Crippen LogP contribution in [0.25, 0.3) is 49.4 Å². The molecule has 0 N–H and O–H groups in total. The maximum atomic E-state index is 6.79. The van der Waals surface area contributed by atoms with Crippen LogP contribution in [-0.2, 0) is 0 Å². The zero-order valence-corrected chi connectivity index (χ0v) is 32.7. The number of nitrogens with zero attached hydrogens (tertiary/aromatic N) is 2. The largest absolute Gasteiger partial charge is 0.454 e. The minimum atomic E-state index is -2.74. The predicted molar refractivity (Wildman–Crippen MR) is 246 cm³/mol. The number of rotatable bonds is 8. The van der Waals surface area contributed by atoms with Gasteiger partial charge in [0.05, 0.1) is 22.4 Å². The molecule has 0 saturated heterocycles. The highest BCUT2D eigenvalue weighted by molar-refractivity contribution is 7.19. The van der Waals surface area contributed by atoms with E-state index in [0.717, 1.165) is 55.7 Å². The van der Waals surface area contributed by atoms with Crippen LogP contribution < -0.4 is 25.6 Å². The average molecular weight is 759 g/mol. The van der Waals surface area contributed by atoms with E-state index in [4.69, 9.17) is 4.42 Å². The Bertz CT molecular complexity index is 3110. The van der Waals surface area contributed by atoms with Gasteiger partial charge in [-0.25, -0.2) is 0 Å². The van der Waals surface area contributed by atoms with Crippen molar-refractivity contribution in [3.63, 3.8) is 0 Å². The minimum Gasteiger partial charge on any atom is -0.454 e. The van der Waals surface area contributed by atoms with E-state index >= 15 is 0 Å². The zero-order valence-electron chi connectivity index (χ0n) is 31.7. The van der Waals surface area contributed by atoms with Crippen molar-refractivity contribution in [2.24, 2.45) is 0 Å². The molecule has 11 rings (SSSR count). The van der Waals surface area contributed by atoms with Gasteiger partial charge in [-0.2, -0.15) is 0 Å². The van der Waals surface area contributed by atoms with E-state index in [1.54, 1.807) is 0 Å². The molecule has 0 amide bonds. The van der Waals surface area contributed by atoms with Gasteiger partial charge in [0.15, 0.2) is 13.7 Å². The summed E-state index contributed by atoms with van der Waals surface area (Å²) in [5.41, 5.74) is 8.30. The highest BCUT2D eigenvalue weighted by atomic mass is 28.3. The van der Waals surface area contributed by atoms with Crippen molar-refractivity contribution >= 4 is 89.6 Å². The van der Waals surface area contributed by atoms with Crippen LogP contribution >= 0.6 is 0 Å². The van der Waals surface area contributed by atoms with Crippen LogP contribution in [0.5, 0.6) is 0 Å². The molecule has 11 aromatic rings. The molecule has 4 heteroatoms. The molecule has 0 spiro atoms. The summed E-state index contributed by atoms with van der Waals surface area (Å²) in [6.07, 6.45) is 0. The van der Waals surface area contributed by atoms with Crippen LogP contribution in [0, 0.1) is 0 Å². The summed E-state index contributed by atoms with van der Waals surface area (Å²) in [5.74, 6) is 0. The van der Waals surface area contributed by atoms with Gasteiger partial charge < -0.3 is 13.9 Å². The number of aromatic nitrogens is 1. The Morgan fingerprint density at radius 1 is 0.362 bits per heavy atom. The second kappa shape index (κ2) is 14.0. The Labute approximate surface area is 338 Å². The van der Waals surface area contributed by atoms with Crippen LogP contribution in [-0.4, -0.2) is 12.6 Å². The second-order valence-electron chi connectivity index (χ2n) is 14.8. The summed E-state index contributed by atoms with van der Waals surface area (Å²) in [4.78, 5) is 2.41. The van der Waals surface area contributed by atoms with Crippen LogP contribution in [0.4, 0.5) is 17.1 Å². The molecule has 0 aliphatic rings. The summed E-state index contributed by atoms with van der Waals surface area (Å²) >= 11 is 0. The average Bonchev–Trinajstić information content (AvgIpc) is 3.86. The summed E-state index contributed by atoms with van der Waals surface area (Å²) in [6.45, 7) is 0. The fraction of sp³-hybridized carbons (Fsp3) is 0. The van der Waals surface area contributed by atoms with Crippen molar-refractivity contribution in [1.29, 1.82) is 0 Å². The van der Waals surface area contributed by atoms with Crippen molar-refractivity contribution in [2.75, 3.05) is 4.90 Å². The molecule has 2 aromatic heterocycles. The lowest BCUT2D eigenvalue weighted by Gasteiger charge is -2.35. The Kier molecular flexibility index (Phi) is 8.16. The lowest BCUT2D eigenvalue weighted by atomic mass is 10.1. The maximum absolute atomic E-state index is 6.79.